The van der Waals surface area contributed by atoms with Crippen LogP contribution in [0.2, 0.25) is 0 Å². The molecule has 0 atom stereocenters. The number of allylic oxidation sites excluding steroid dienone is 1. The Balaban J connectivity index is 3.30. The lowest BCUT2D eigenvalue weighted by Gasteiger charge is -2.21. The topological polar surface area (TPSA) is 26.3 Å². The highest BCUT2D eigenvalue weighted by Crippen LogP contribution is 2.38. The number of alkyl halides is 3. The molecule has 0 heterocycles. The van der Waals surface area contributed by atoms with E-state index in [1.54, 1.807) is 26.8 Å². The van der Waals surface area contributed by atoms with Crippen molar-refractivity contribution in [2.45, 2.75) is 32.5 Å². The monoisotopic (exact) mass is 306 g/mol. The van der Waals surface area contributed by atoms with Gasteiger partial charge < -0.3 is 4.74 Å². The minimum absolute atomic E-state index is 0.184. The Morgan fingerprint density at radius 1 is 1.10 bits per heavy atom. The van der Waals surface area contributed by atoms with Gasteiger partial charge in [0.1, 0.15) is 10.6 Å². The highest BCUT2D eigenvalue weighted by molar-refractivity contribution is 6.44. The van der Waals surface area contributed by atoms with Gasteiger partial charge >= 0.3 is 12.1 Å². The third kappa shape index (κ3) is 4.56. The standard InChI is InChI=1S/C14H14ClF3O2/c1-13(2,3)20-12(19)11(15)10(14(16,17)18)9-7-5-4-6-8-9/h4-8H,1-3H3/b11-10+. The summed E-state index contributed by atoms with van der Waals surface area (Å²) < 4.78 is 44.2. The fraction of sp³-hybridized carbons (Fsp3) is 0.357. The Kier molecular flexibility index (Phi) is 4.86. The number of hydrogen-bond acceptors (Lipinski definition) is 2. The van der Waals surface area contributed by atoms with Crippen molar-refractivity contribution >= 4 is 23.1 Å². The van der Waals surface area contributed by atoms with Crippen LogP contribution in [0.4, 0.5) is 13.2 Å². The number of hydrogen-bond donors (Lipinski definition) is 0. The number of benzene rings is 1. The summed E-state index contributed by atoms with van der Waals surface area (Å²) in [5.41, 5.74) is -2.31. The van der Waals surface area contributed by atoms with Crippen molar-refractivity contribution in [2.75, 3.05) is 0 Å². The van der Waals surface area contributed by atoms with E-state index in [0.717, 1.165) is 0 Å². The second-order valence-electron chi connectivity index (χ2n) is 5.05. The van der Waals surface area contributed by atoms with Gasteiger partial charge in [-0.3, -0.25) is 0 Å². The Labute approximate surface area is 120 Å². The number of rotatable bonds is 2. The van der Waals surface area contributed by atoms with Crippen LogP contribution < -0.4 is 0 Å². The van der Waals surface area contributed by atoms with Crippen LogP contribution in [0.3, 0.4) is 0 Å². The maximum atomic E-state index is 13.1. The first-order valence-corrected chi connectivity index (χ1v) is 6.16. The molecule has 0 radical (unpaired) electrons. The fourth-order valence-electron chi connectivity index (χ4n) is 1.44. The highest BCUT2D eigenvalue weighted by Gasteiger charge is 2.39. The smallest absolute Gasteiger partial charge is 0.418 e. The third-order valence-corrected chi connectivity index (χ3v) is 2.49. The van der Waals surface area contributed by atoms with Crippen LogP contribution in [0.5, 0.6) is 0 Å². The summed E-state index contributed by atoms with van der Waals surface area (Å²) in [5, 5.41) is -0.973. The zero-order chi connectivity index (χ0) is 15.6. The lowest BCUT2D eigenvalue weighted by atomic mass is 10.0. The van der Waals surface area contributed by atoms with Crippen LogP contribution >= 0.6 is 11.6 Å². The van der Waals surface area contributed by atoms with Crippen molar-refractivity contribution in [3.05, 3.63) is 40.9 Å². The van der Waals surface area contributed by atoms with E-state index in [-0.39, 0.29) is 5.56 Å². The average molecular weight is 307 g/mol. The van der Waals surface area contributed by atoms with Crippen LogP contribution in [0.25, 0.3) is 5.57 Å². The summed E-state index contributed by atoms with van der Waals surface area (Å²) >= 11 is 5.61. The largest absolute Gasteiger partial charge is 0.456 e. The fourth-order valence-corrected chi connectivity index (χ4v) is 1.70. The molecule has 0 saturated carbocycles. The third-order valence-electron chi connectivity index (χ3n) is 2.14. The van der Waals surface area contributed by atoms with Crippen molar-refractivity contribution in [3.63, 3.8) is 0 Å². The van der Waals surface area contributed by atoms with Crippen LogP contribution in [0.1, 0.15) is 26.3 Å². The van der Waals surface area contributed by atoms with E-state index in [1.165, 1.54) is 24.3 Å². The van der Waals surface area contributed by atoms with E-state index in [1.807, 2.05) is 0 Å². The summed E-state index contributed by atoms with van der Waals surface area (Å²) in [6.07, 6.45) is -4.75. The van der Waals surface area contributed by atoms with Gasteiger partial charge in [-0.25, -0.2) is 4.79 Å². The molecular weight excluding hydrogens is 293 g/mol. The lowest BCUT2D eigenvalue weighted by Crippen LogP contribution is -2.25. The minimum atomic E-state index is -4.75. The quantitative estimate of drug-likeness (QED) is 0.592. The molecule has 0 N–H and O–H groups in total. The highest BCUT2D eigenvalue weighted by atomic mass is 35.5. The number of carbonyl (C=O) groups is 1. The molecule has 20 heavy (non-hydrogen) atoms. The first kappa shape index (κ1) is 16.6. The molecule has 2 nitrogen and oxygen atoms in total. The van der Waals surface area contributed by atoms with E-state index in [9.17, 15) is 18.0 Å². The molecule has 0 bridgehead atoms. The minimum Gasteiger partial charge on any atom is -0.456 e. The van der Waals surface area contributed by atoms with Crippen LogP contribution in [-0.2, 0) is 9.53 Å². The van der Waals surface area contributed by atoms with Crippen molar-refractivity contribution in [1.82, 2.24) is 0 Å². The zero-order valence-electron chi connectivity index (χ0n) is 11.2. The van der Waals surface area contributed by atoms with E-state index >= 15 is 0 Å². The predicted molar refractivity (Wildman–Crippen MR) is 71.1 cm³/mol. The summed E-state index contributed by atoms with van der Waals surface area (Å²) in [5.74, 6) is -1.20. The van der Waals surface area contributed by atoms with Crippen LogP contribution in [-0.4, -0.2) is 17.7 Å². The van der Waals surface area contributed by atoms with Gasteiger partial charge in [0.15, 0.2) is 0 Å². The summed E-state index contributed by atoms with van der Waals surface area (Å²) in [6.45, 7) is 4.64. The zero-order valence-corrected chi connectivity index (χ0v) is 12.0. The second kappa shape index (κ2) is 5.87. The Morgan fingerprint density at radius 2 is 1.60 bits per heavy atom. The number of carbonyl (C=O) groups excluding carboxylic acids is 1. The molecule has 0 fully saturated rings. The molecule has 0 aromatic heterocycles. The molecule has 0 saturated heterocycles. The van der Waals surface area contributed by atoms with Gasteiger partial charge in [0, 0.05) is 0 Å². The molecule has 0 aliphatic rings. The van der Waals surface area contributed by atoms with Gasteiger partial charge in [-0.1, -0.05) is 41.9 Å². The van der Waals surface area contributed by atoms with Crippen molar-refractivity contribution in [2.24, 2.45) is 0 Å². The maximum Gasteiger partial charge on any atom is 0.418 e. The average Bonchev–Trinajstić information content (AvgIpc) is 2.26. The summed E-state index contributed by atoms with van der Waals surface area (Å²) in [4.78, 5) is 11.7. The molecule has 0 unspecified atom stereocenters. The summed E-state index contributed by atoms with van der Waals surface area (Å²) in [6, 6.07) is 6.89. The molecule has 0 aliphatic heterocycles. The molecule has 1 aromatic rings. The number of halogens is 4. The molecular formula is C14H14ClF3O2. The van der Waals surface area contributed by atoms with E-state index in [0.29, 0.717) is 0 Å². The van der Waals surface area contributed by atoms with Gasteiger partial charge in [0.25, 0.3) is 0 Å². The molecule has 110 valence electrons. The number of ether oxygens (including phenoxy) is 1. The first-order chi connectivity index (χ1) is 9.02. The number of esters is 1. The van der Waals surface area contributed by atoms with Crippen molar-refractivity contribution in [3.8, 4) is 0 Å². The van der Waals surface area contributed by atoms with Crippen LogP contribution in [0, 0.1) is 0 Å². The second-order valence-corrected chi connectivity index (χ2v) is 5.43. The first-order valence-electron chi connectivity index (χ1n) is 5.78. The maximum absolute atomic E-state index is 13.1. The SMILES string of the molecule is CC(C)(C)OC(=O)/C(Cl)=C(/c1ccccc1)C(F)(F)F. The molecule has 0 spiro atoms. The summed E-state index contributed by atoms with van der Waals surface area (Å²) in [7, 11) is 0. The molecule has 1 rings (SSSR count). The molecule has 6 heteroatoms. The lowest BCUT2D eigenvalue weighted by molar-refractivity contribution is -0.149. The Hall–Kier alpha value is -1.49. The van der Waals surface area contributed by atoms with E-state index < -0.39 is 28.4 Å². The molecule has 0 aliphatic carbocycles. The van der Waals surface area contributed by atoms with E-state index in [4.69, 9.17) is 16.3 Å². The van der Waals surface area contributed by atoms with Gasteiger partial charge in [-0.05, 0) is 26.3 Å². The van der Waals surface area contributed by atoms with Crippen molar-refractivity contribution in [1.29, 1.82) is 0 Å². The van der Waals surface area contributed by atoms with Gasteiger partial charge in [-0.15, -0.1) is 0 Å². The normalized spacial score (nSPS) is 13.8. The van der Waals surface area contributed by atoms with E-state index in [2.05, 4.69) is 0 Å². The van der Waals surface area contributed by atoms with Crippen LogP contribution in [0.15, 0.2) is 35.4 Å². The van der Waals surface area contributed by atoms with Gasteiger partial charge in [0.2, 0.25) is 0 Å². The van der Waals surface area contributed by atoms with Gasteiger partial charge in [0.05, 0.1) is 5.57 Å². The molecule has 0 amide bonds. The van der Waals surface area contributed by atoms with Crippen molar-refractivity contribution < 1.29 is 22.7 Å². The Bertz CT molecular complexity index is 513. The predicted octanol–water partition coefficient (Wildman–Crippen LogP) is 4.54. The van der Waals surface area contributed by atoms with Gasteiger partial charge in [-0.2, -0.15) is 13.2 Å². The Morgan fingerprint density at radius 3 is 2.00 bits per heavy atom. The molecule has 1 aromatic carbocycles.